The molecule has 2 aromatic rings. The van der Waals surface area contributed by atoms with Crippen molar-refractivity contribution in [3.8, 4) is 11.4 Å². The molecule has 1 fully saturated rings. The maximum Gasteiger partial charge on any atom is 0.236 e. The van der Waals surface area contributed by atoms with Crippen molar-refractivity contribution in [2.24, 2.45) is 0 Å². The molecule has 3 rings (SSSR count). The minimum atomic E-state index is -0.410. The van der Waals surface area contributed by atoms with Gasteiger partial charge in [0.15, 0.2) is 5.82 Å². The highest BCUT2D eigenvalue weighted by Crippen LogP contribution is 2.29. The van der Waals surface area contributed by atoms with Gasteiger partial charge in [0.2, 0.25) is 11.1 Å². The van der Waals surface area contributed by atoms with Crippen LogP contribution in [-0.4, -0.2) is 43.5 Å². The van der Waals surface area contributed by atoms with Crippen LogP contribution in [0.4, 0.5) is 4.39 Å². The molecule has 0 bridgehead atoms. The summed E-state index contributed by atoms with van der Waals surface area (Å²) >= 11 is 1.26. The monoisotopic (exact) mass is 391 g/mol. The first kappa shape index (κ1) is 19.7. The molecule has 0 radical (unpaired) electrons. The fraction of sp³-hybridized carbons (Fsp3) is 0.526. The molecule has 6 nitrogen and oxygen atoms in total. The van der Waals surface area contributed by atoms with Crippen molar-refractivity contribution in [2.45, 2.75) is 62.4 Å². The Morgan fingerprint density at radius 1 is 1.33 bits per heavy atom. The van der Waals surface area contributed by atoms with E-state index < -0.39 is 5.82 Å². The highest BCUT2D eigenvalue weighted by atomic mass is 32.2. The number of thioether (sulfide) groups is 1. The molecule has 146 valence electrons. The Labute approximate surface area is 163 Å². The molecule has 1 aliphatic rings. The summed E-state index contributed by atoms with van der Waals surface area (Å²) in [6, 6.07) is 6.61. The van der Waals surface area contributed by atoms with Crippen molar-refractivity contribution in [3.63, 3.8) is 0 Å². The second-order valence-corrected chi connectivity index (χ2v) is 8.14. The number of aromatic nitrogens is 3. The quantitative estimate of drug-likeness (QED) is 0.603. The molecule has 1 saturated carbocycles. The molecule has 0 saturated heterocycles. The van der Waals surface area contributed by atoms with E-state index in [-0.39, 0.29) is 22.5 Å². The first-order valence-corrected chi connectivity index (χ1v) is 10.3. The summed E-state index contributed by atoms with van der Waals surface area (Å²) in [4.78, 5) is 14.9. The number of rotatable bonds is 6. The number of carbonyl (C=O) groups is 1. The normalized spacial score (nSPS) is 16.3. The predicted molar refractivity (Wildman–Crippen MR) is 105 cm³/mol. The molecule has 0 unspecified atom stereocenters. The molecule has 2 N–H and O–H groups in total. The van der Waals surface area contributed by atoms with E-state index in [2.05, 4.69) is 10.2 Å². The van der Waals surface area contributed by atoms with Crippen molar-refractivity contribution in [2.75, 3.05) is 12.4 Å². The summed E-state index contributed by atoms with van der Waals surface area (Å²) in [7, 11) is 0. The van der Waals surface area contributed by atoms with Crippen LogP contribution in [0.5, 0.6) is 0 Å². The van der Waals surface area contributed by atoms with Crippen molar-refractivity contribution >= 4 is 17.7 Å². The van der Waals surface area contributed by atoms with E-state index in [9.17, 15) is 9.18 Å². The lowest BCUT2D eigenvalue weighted by Gasteiger charge is -2.35. The molecule has 1 amide bonds. The Balaban J connectivity index is 1.73. The zero-order chi connectivity index (χ0) is 19.4. The average molecular weight is 392 g/mol. The third kappa shape index (κ3) is 4.26. The molecule has 1 heterocycles. The van der Waals surface area contributed by atoms with Crippen LogP contribution in [0.1, 0.15) is 46.0 Å². The number of nitrogens with zero attached hydrogens (tertiary/aromatic N) is 4. The second-order valence-electron chi connectivity index (χ2n) is 6.83. The average Bonchev–Trinajstić information content (AvgIpc) is 3.04. The highest BCUT2D eigenvalue weighted by molar-refractivity contribution is 8.00. The van der Waals surface area contributed by atoms with Gasteiger partial charge in [0.25, 0.3) is 0 Å². The van der Waals surface area contributed by atoms with E-state index in [4.69, 9.17) is 5.84 Å². The van der Waals surface area contributed by atoms with Gasteiger partial charge in [0.1, 0.15) is 5.82 Å². The molecule has 1 aliphatic carbocycles. The Morgan fingerprint density at radius 2 is 2.04 bits per heavy atom. The maximum absolute atomic E-state index is 14.0. The molecule has 8 heteroatoms. The zero-order valence-corrected chi connectivity index (χ0v) is 16.6. The molecular formula is C19H26FN5OS. The maximum atomic E-state index is 14.0. The number of hydrogen-bond donors (Lipinski definition) is 1. The number of benzene rings is 1. The third-order valence-corrected chi connectivity index (χ3v) is 6.09. The van der Waals surface area contributed by atoms with Gasteiger partial charge in [0, 0.05) is 12.6 Å². The number of amides is 1. The van der Waals surface area contributed by atoms with Crippen LogP contribution in [0.25, 0.3) is 11.4 Å². The van der Waals surface area contributed by atoms with Gasteiger partial charge in [-0.05, 0) is 38.8 Å². The van der Waals surface area contributed by atoms with Crippen LogP contribution >= 0.6 is 11.8 Å². The number of nitrogen functional groups attached to an aromatic ring is 1. The minimum Gasteiger partial charge on any atom is -0.339 e. The molecule has 27 heavy (non-hydrogen) atoms. The smallest absolute Gasteiger partial charge is 0.236 e. The number of hydrogen-bond acceptors (Lipinski definition) is 5. The van der Waals surface area contributed by atoms with Crippen LogP contribution in [0.2, 0.25) is 0 Å². The summed E-state index contributed by atoms with van der Waals surface area (Å²) in [6.45, 7) is 4.58. The van der Waals surface area contributed by atoms with Crippen molar-refractivity contribution in [3.05, 3.63) is 30.1 Å². The van der Waals surface area contributed by atoms with Gasteiger partial charge in [-0.15, -0.1) is 10.2 Å². The van der Waals surface area contributed by atoms with E-state index in [0.29, 0.717) is 17.7 Å². The van der Waals surface area contributed by atoms with Crippen molar-refractivity contribution < 1.29 is 9.18 Å². The third-order valence-electron chi connectivity index (χ3n) is 5.05. The Morgan fingerprint density at radius 3 is 2.70 bits per heavy atom. The molecule has 1 aromatic carbocycles. The molecule has 1 atom stereocenters. The molecule has 1 aromatic heterocycles. The van der Waals surface area contributed by atoms with Gasteiger partial charge < -0.3 is 10.7 Å². The standard InChI is InChI=1S/C19H26FN5OS/c1-3-24(14-9-5-4-6-10-14)18(26)13(2)27-19-23-22-17(25(19)21)15-11-7-8-12-16(15)20/h7-8,11-14H,3-6,9-10,21H2,1-2H3/t13-/m0/s1. The SMILES string of the molecule is CCN(C(=O)[C@H](C)Sc1nnc(-c2ccccc2F)n1N)C1CCCCC1. The summed E-state index contributed by atoms with van der Waals surface area (Å²) < 4.78 is 15.3. The van der Waals surface area contributed by atoms with Gasteiger partial charge >= 0.3 is 0 Å². The lowest BCUT2D eigenvalue weighted by molar-refractivity contribution is -0.133. The predicted octanol–water partition coefficient (Wildman–Crippen LogP) is 3.46. The summed E-state index contributed by atoms with van der Waals surface area (Å²) in [6.07, 6.45) is 5.75. The van der Waals surface area contributed by atoms with Gasteiger partial charge in [-0.1, -0.05) is 43.2 Å². The highest BCUT2D eigenvalue weighted by Gasteiger charge is 2.29. The van der Waals surface area contributed by atoms with Gasteiger partial charge in [-0.25, -0.2) is 9.07 Å². The number of halogens is 1. The number of carbonyl (C=O) groups excluding carboxylic acids is 1. The minimum absolute atomic E-state index is 0.0878. The van der Waals surface area contributed by atoms with E-state index >= 15 is 0 Å². The first-order valence-electron chi connectivity index (χ1n) is 9.45. The fourth-order valence-electron chi connectivity index (χ4n) is 3.61. The lowest BCUT2D eigenvalue weighted by Crippen LogP contribution is -2.44. The van der Waals surface area contributed by atoms with Crippen LogP contribution in [0.3, 0.4) is 0 Å². The summed E-state index contributed by atoms with van der Waals surface area (Å²) in [5, 5.41) is 8.14. The number of nitrogens with two attached hydrogens (primary N) is 1. The fourth-order valence-corrected chi connectivity index (χ4v) is 4.45. The van der Waals surface area contributed by atoms with Crippen molar-refractivity contribution in [1.29, 1.82) is 0 Å². The van der Waals surface area contributed by atoms with E-state index in [1.165, 1.54) is 41.8 Å². The largest absolute Gasteiger partial charge is 0.339 e. The van der Waals surface area contributed by atoms with Gasteiger partial charge in [-0.3, -0.25) is 4.79 Å². The molecular weight excluding hydrogens is 365 g/mol. The second kappa shape index (κ2) is 8.73. The van der Waals surface area contributed by atoms with Gasteiger partial charge in [0.05, 0.1) is 10.8 Å². The Bertz CT molecular complexity index is 790. The van der Waals surface area contributed by atoms with E-state index in [0.717, 1.165) is 12.8 Å². The Hall–Kier alpha value is -2.09. The van der Waals surface area contributed by atoms with E-state index in [1.54, 1.807) is 18.2 Å². The molecule has 0 spiro atoms. The van der Waals surface area contributed by atoms with Crippen LogP contribution in [0.15, 0.2) is 29.4 Å². The van der Waals surface area contributed by atoms with Crippen LogP contribution in [-0.2, 0) is 4.79 Å². The van der Waals surface area contributed by atoms with Crippen LogP contribution < -0.4 is 5.84 Å². The zero-order valence-electron chi connectivity index (χ0n) is 15.8. The van der Waals surface area contributed by atoms with Crippen molar-refractivity contribution in [1.82, 2.24) is 19.8 Å². The summed E-state index contributed by atoms with van der Waals surface area (Å²) in [5.74, 6) is 6.01. The van der Waals surface area contributed by atoms with Gasteiger partial charge in [-0.2, -0.15) is 0 Å². The first-order chi connectivity index (χ1) is 13.0. The van der Waals surface area contributed by atoms with E-state index in [1.807, 2.05) is 18.7 Å². The van der Waals surface area contributed by atoms with Crippen LogP contribution in [0, 0.1) is 5.82 Å². The summed E-state index contributed by atoms with van der Waals surface area (Å²) in [5.41, 5.74) is 0.288. The lowest BCUT2D eigenvalue weighted by atomic mass is 9.94. The molecule has 0 aliphatic heterocycles. The topological polar surface area (TPSA) is 77.0 Å². The Kier molecular flexibility index (Phi) is 6.36.